The molecule has 0 saturated carbocycles. The minimum Gasteiger partial charge on any atom is -0.322 e. The molecule has 158 valence electrons. The topological polar surface area (TPSA) is 49.4 Å². The Morgan fingerprint density at radius 2 is 1.87 bits per heavy atom. The minimum absolute atomic E-state index is 0.00607. The molecule has 0 aliphatic carbocycles. The maximum Gasteiger partial charge on any atom is 0.258 e. The molecule has 1 N–H and O–H groups in total. The van der Waals surface area contributed by atoms with Gasteiger partial charge >= 0.3 is 0 Å². The number of amides is 2. The van der Waals surface area contributed by atoms with Crippen molar-refractivity contribution < 1.29 is 14.0 Å². The number of thioether (sulfide) groups is 1. The molecular formula is C25H23FN2O2S. The monoisotopic (exact) mass is 434 g/mol. The smallest absolute Gasteiger partial charge is 0.258 e. The fraction of sp³-hybridized carbons (Fsp3) is 0.200. The lowest BCUT2D eigenvalue weighted by Gasteiger charge is -2.27. The van der Waals surface area contributed by atoms with E-state index in [1.54, 1.807) is 30.0 Å². The van der Waals surface area contributed by atoms with Crippen molar-refractivity contribution in [1.29, 1.82) is 0 Å². The summed E-state index contributed by atoms with van der Waals surface area (Å²) in [6, 6.07) is 21.3. The van der Waals surface area contributed by atoms with E-state index in [1.165, 1.54) is 12.1 Å². The van der Waals surface area contributed by atoms with Crippen LogP contribution in [0.3, 0.4) is 0 Å². The summed E-state index contributed by atoms with van der Waals surface area (Å²) in [4.78, 5) is 27.1. The van der Waals surface area contributed by atoms with Gasteiger partial charge in [0.1, 0.15) is 11.2 Å². The zero-order valence-corrected chi connectivity index (χ0v) is 18.0. The first-order chi connectivity index (χ1) is 15.1. The Kier molecular flexibility index (Phi) is 6.37. The Balaban J connectivity index is 1.62. The van der Waals surface area contributed by atoms with Crippen LogP contribution in [0, 0.1) is 5.82 Å². The Labute approximate surface area is 185 Å². The van der Waals surface area contributed by atoms with E-state index >= 15 is 0 Å². The lowest BCUT2D eigenvalue weighted by atomic mass is 10.1. The van der Waals surface area contributed by atoms with Gasteiger partial charge in [0.25, 0.3) is 5.91 Å². The zero-order valence-electron chi connectivity index (χ0n) is 17.2. The SMILES string of the molecule is CCCc1ccccc1N1C(=O)CS[C@H]1c1cccc(NC(=O)c2ccccc2F)c1. The molecule has 0 unspecified atom stereocenters. The molecule has 0 aromatic heterocycles. The van der Waals surface area contributed by atoms with Crippen LogP contribution in [0.25, 0.3) is 0 Å². The Bertz CT molecular complexity index is 1120. The van der Waals surface area contributed by atoms with Gasteiger partial charge in [0.05, 0.1) is 11.3 Å². The van der Waals surface area contributed by atoms with Gasteiger partial charge in [-0.05, 0) is 47.9 Å². The highest BCUT2D eigenvalue weighted by Crippen LogP contribution is 2.43. The summed E-state index contributed by atoms with van der Waals surface area (Å²) in [6.45, 7) is 2.12. The second kappa shape index (κ2) is 9.35. The largest absolute Gasteiger partial charge is 0.322 e. The van der Waals surface area contributed by atoms with Crippen molar-refractivity contribution >= 4 is 35.0 Å². The Morgan fingerprint density at radius 1 is 1.10 bits per heavy atom. The van der Waals surface area contributed by atoms with Crippen LogP contribution in [0.5, 0.6) is 0 Å². The number of nitrogens with zero attached hydrogens (tertiary/aromatic N) is 1. The van der Waals surface area contributed by atoms with Crippen LogP contribution in [0.1, 0.15) is 40.2 Å². The quantitative estimate of drug-likeness (QED) is 0.533. The van der Waals surface area contributed by atoms with Crippen LogP contribution in [-0.4, -0.2) is 17.6 Å². The summed E-state index contributed by atoms with van der Waals surface area (Å²) in [5.74, 6) is -0.599. The normalized spacial score (nSPS) is 15.9. The van der Waals surface area contributed by atoms with E-state index in [1.807, 2.05) is 41.3 Å². The van der Waals surface area contributed by atoms with E-state index in [-0.39, 0.29) is 16.8 Å². The number of benzene rings is 3. The molecule has 1 heterocycles. The fourth-order valence-electron chi connectivity index (χ4n) is 3.77. The maximum absolute atomic E-state index is 13.9. The van der Waals surface area contributed by atoms with Crippen molar-refractivity contribution in [3.05, 3.63) is 95.3 Å². The number of halogens is 1. The van der Waals surface area contributed by atoms with Crippen LogP contribution >= 0.6 is 11.8 Å². The van der Waals surface area contributed by atoms with Gasteiger partial charge in [-0.15, -0.1) is 11.8 Å². The van der Waals surface area contributed by atoms with Gasteiger partial charge in [0.15, 0.2) is 0 Å². The van der Waals surface area contributed by atoms with Crippen molar-refractivity contribution in [3.8, 4) is 0 Å². The molecule has 4 nitrogen and oxygen atoms in total. The van der Waals surface area contributed by atoms with Crippen LogP contribution in [0.15, 0.2) is 72.8 Å². The molecule has 1 aliphatic rings. The molecular weight excluding hydrogens is 411 g/mol. The molecule has 4 rings (SSSR count). The molecule has 1 saturated heterocycles. The summed E-state index contributed by atoms with van der Waals surface area (Å²) in [6.07, 6.45) is 1.89. The van der Waals surface area contributed by atoms with E-state index in [0.717, 1.165) is 29.7 Å². The number of hydrogen-bond donors (Lipinski definition) is 1. The number of para-hydroxylation sites is 1. The first-order valence-electron chi connectivity index (χ1n) is 10.3. The summed E-state index contributed by atoms with van der Waals surface area (Å²) in [5.41, 5.74) is 3.55. The van der Waals surface area contributed by atoms with E-state index in [2.05, 4.69) is 18.3 Å². The number of rotatable bonds is 6. The number of hydrogen-bond acceptors (Lipinski definition) is 3. The average Bonchev–Trinajstić information content (AvgIpc) is 3.16. The van der Waals surface area contributed by atoms with Gasteiger partial charge < -0.3 is 5.32 Å². The van der Waals surface area contributed by atoms with Crippen molar-refractivity contribution in [2.45, 2.75) is 25.1 Å². The minimum atomic E-state index is -0.563. The molecule has 2 amide bonds. The molecule has 6 heteroatoms. The van der Waals surface area contributed by atoms with Crippen molar-refractivity contribution in [1.82, 2.24) is 0 Å². The second-order valence-corrected chi connectivity index (χ2v) is 8.43. The highest BCUT2D eigenvalue weighted by atomic mass is 32.2. The van der Waals surface area contributed by atoms with Crippen LogP contribution in [0.2, 0.25) is 0 Å². The number of nitrogens with one attached hydrogen (secondary N) is 1. The van der Waals surface area contributed by atoms with E-state index in [4.69, 9.17) is 0 Å². The molecule has 1 atom stereocenters. The lowest BCUT2D eigenvalue weighted by molar-refractivity contribution is -0.115. The molecule has 0 spiro atoms. The molecule has 31 heavy (non-hydrogen) atoms. The summed E-state index contributed by atoms with van der Waals surface area (Å²) < 4.78 is 13.9. The molecule has 0 bridgehead atoms. The van der Waals surface area contributed by atoms with Crippen molar-refractivity contribution in [2.24, 2.45) is 0 Å². The van der Waals surface area contributed by atoms with Gasteiger partial charge in [-0.1, -0.05) is 55.8 Å². The number of aryl methyl sites for hydroxylation is 1. The van der Waals surface area contributed by atoms with Crippen LogP contribution in [0.4, 0.5) is 15.8 Å². The van der Waals surface area contributed by atoms with Gasteiger partial charge in [-0.2, -0.15) is 0 Å². The summed E-state index contributed by atoms with van der Waals surface area (Å²) in [5, 5.41) is 2.58. The van der Waals surface area contributed by atoms with Gasteiger partial charge in [0.2, 0.25) is 5.91 Å². The number of carbonyl (C=O) groups is 2. The first kappa shape index (κ1) is 21.1. The summed E-state index contributed by atoms with van der Waals surface area (Å²) in [7, 11) is 0. The zero-order chi connectivity index (χ0) is 21.8. The molecule has 3 aromatic carbocycles. The molecule has 1 fully saturated rings. The van der Waals surface area contributed by atoms with Crippen LogP contribution < -0.4 is 10.2 Å². The first-order valence-corrected chi connectivity index (χ1v) is 11.3. The lowest BCUT2D eigenvalue weighted by Crippen LogP contribution is -2.28. The highest BCUT2D eigenvalue weighted by molar-refractivity contribution is 8.00. The van der Waals surface area contributed by atoms with E-state index in [9.17, 15) is 14.0 Å². The van der Waals surface area contributed by atoms with Gasteiger partial charge in [-0.25, -0.2) is 4.39 Å². The standard InChI is InChI=1S/C25H23FN2O2S/c1-2-8-17-9-3-6-14-22(17)28-23(29)16-31-25(28)18-10-7-11-19(15-18)27-24(30)20-12-4-5-13-21(20)26/h3-7,9-15,25H,2,8,16H2,1H3,(H,27,30)/t25-/m0/s1. The van der Waals surface area contributed by atoms with Crippen molar-refractivity contribution in [3.63, 3.8) is 0 Å². The predicted octanol–water partition coefficient (Wildman–Crippen LogP) is 5.81. The second-order valence-electron chi connectivity index (χ2n) is 7.37. The Hall–Kier alpha value is -3.12. The molecule has 3 aromatic rings. The summed E-state index contributed by atoms with van der Waals surface area (Å²) >= 11 is 1.56. The number of anilines is 2. The van der Waals surface area contributed by atoms with Crippen molar-refractivity contribution in [2.75, 3.05) is 16.0 Å². The van der Waals surface area contributed by atoms with E-state index in [0.29, 0.717) is 11.4 Å². The van der Waals surface area contributed by atoms with Gasteiger partial charge in [-0.3, -0.25) is 14.5 Å². The molecule has 0 radical (unpaired) electrons. The third kappa shape index (κ3) is 4.49. The van der Waals surface area contributed by atoms with Crippen LogP contribution in [-0.2, 0) is 11.2 Å². The average molecular weight is 435 g/mol. The maximum atomic E-state index is 13.9. The third-order valence-electron chi connectivity index (χ3n) is 5.19. The third-order valence-corrected chi connectivity index (χ3v) is 6.40. The highest BCUT2D eigenvalue weighted by Gasteiger charge is 2.35. The fourth-order valence-corrected chi connectivity index (χ4v) is 4.93. The van der Waals surface area contributed by atoms with Gasteiger partial charge in [0, 0.05) is 11.4 Å². The van der Waals surface area contributed by atoms with E-state index < -0.39 is 11.7 Å². The number of carbonyl (C=O) groups excluding carboxylic acids is 2. The Morgan fingerprint density at radius 3 is 2.68 bits per heavy atom. The predicted molar refractivity (Wildman–Crippen MR) is 124 cm³/mol. The molecule has 1 aliphatic heterocycles.